The van der Waals surface area contributed by atoms with Crippen molar-refractivity contribution >= 4 is 11.1 Å². The number of hydrogen-bond acceptors (Lipinski definition) is 3. The maximum Gasteiger partial charge on any atom is 0.228 e. The van der Waals surface area contributed by atoms with Gasteiger partial charge in [0, 0.05) is 23.5 Å². The first kappa shape index (κ1) is 12.8. The number of nitrogens with zero attached hydrogens (tertiary/aromatic N) is 2. The molecule has 0 aliphatic rings. The molecule has 2 aromatic heterocycles. The van der Waals surface area contributed by atoms with Crippen molar-refractivity contribution < 1.29 is 4.42 Å². The number of hydrogen-bond donors (Lipinski definition) is 0. The van der Waals surface area contributed by atoms with E-state index in [1.54, 1.807) is 6.20 Å². The van der Waals surface area contributed by atoms with E-state index in [1.807, 2.05) is 48.7 Å². The van der Waals surface area contributed by atoms with Gasteiger partial charge in [-0.3, -0.25) is 4.98 Å². The van der Waals surface area contributed by atoms with E-state index in [-0.39, 0.29) is 0 Å². The smallest absolute Gasteiger partial charge is 0.228 e. The Labute approximate surface area is 128 Å². The molecule has 0 bridgehead atoms. The zero-order chi connectivity index (χ0) is 14.9. The molecule has 4 rings (SSSR count). The van der Waals surface area contributed by atoms with Gasteiger partial charge in [0.1, 0.15) is 5.52 Å². The van der Waals surface area contributed by atoms with Gasteiger partial charge in [-0.2, -0.15) is 0 Å². The van der Waals surface area contributed by atoms with Crippen LogP contribution < -0.4 is 0 Å². The molecule has 2 aromatic carbocycles. The van der Waals surface area contributed by atoms with Gasteiger partial charge in [-0.1, -0.05) is 36.4 Å². The highest BCUT2D eigenvalue weighted by molar-refractivity contribution is 5.83. The first-order valence-electron chi connectivity index (χ1n) is 7.18. The number of fused-ring (bicyclic) bond motifs is 1. The van der Waals surface area contributed by atoms with Gasteiger partial charge in [-0.05, 0) is 36.2 Å². The molecule has 3 nitrogen and oxygen atoms in total. The third-order valence-electron chi connectivity index (χ3n) is 3.68. The van der Waals surface area contributed by atoms with Crippen LogP contribution in [-0.2, 0) is 0 Å². The van der Waals surface area contributed by atoms with Crippen molar-refractivity contribution in [3.8, 4) is 22.6 Å². The molecule has 0 atom stereocenters. The molecule has 0 unspecified atom stereocenters. The fourth-order valence-corrected chi connectivity index (χ4v) is 2.58. The second-order valence-corrected chi connectivity index (χ2v) is 5.28. The number of rotatable bonds is 2. The predicted molar refractivity (Wildman–Crippen MR) is 87.4 cm³/mol. The van der Waals surface area contributed by atoms with Crippen LogP contribution in [-0.4, -0.2) is 9.97 Å². The molecule has 22 heavy (non-hydrogen) atoms. The molecule has 0 saturated carbocycles. The van der Waals surface area contributed by atoms with E-state index in [1.165, 1.54) is 5.56 Å². The highest BCUT2D eigenvalue weighted by Crippen LogP contribution is 2.32. The fraction of sp³-hybridized carbons (Fsp3) is 0.0526. The van der Waals surface area contributed by atoms with Crippen molar-refractivity contribution in [1.29, 1.82) is 0 Å². The SMILES string of the molecule is Cc1ccc2oc(-c3ccncc3-c3ccccc3)nc2c1. The number of oxazole rings is 1. The Morgan fingerprint density at radius 2 is 1.77 bits per heavy atom. The van der Waals surface area contributed by atoms with Gasteiger partial charge >= 0.3 is 0 Å². The highest BCUT2D eigenvalue weighted by Gasteiger charge is 2.13. The van der Waals surface area contributed by atoms with Crippen molar-refractivity contribution in [2.24, 2.45) is 0 Å². The summed E-state index contributed by atoms with van der Waals surface area (Å²) in [5.74, 6) is 0.627. The lowest BCUT2D eigenvalue weighted by molar-refractivity contribution is 0.620. The molecule has 0 fully saturated rings. The van der Waals surface area contributed by atoms with Crippen LogP contribution in [0, 0.1) is 6.92 Å². The molecular formula is C19H14N2O. The van der Waals surface area contributed by atoms with E-state index >= 15 is 0 Å². The fourth-order valence-electron chi connectivity index (χ4n) is 2.58. The molecule has 4 aromatic rings. The Bertz CT molecular complexity index is 942. The van der Waals surface area contributed by atoms with Gasteiger partial charge in [0.25, 0.3) is 0 Å². The number of aromatic nitrogens is 2. The normalized spacial score (nSPS) is 11.0. The first-order valence-corrected chi connectivity index (χ1v) is 7.18. The molecule has 0 radical (unpaired) electrons. The minimum absolute atomic E-state index is 0.627. The van der Waals surface area contributed by atoms with Crippen LogP contribution in [0.25, 0.3) is 33.7 Å². The van der Waals surface area contributed by atoms with E-state index in [0.29, 0.717) is 5.89 Å². The summed E-state index contributed by atoms with van der Waals surface area (Å²) in [4.78, 5) is 8.88. The third kappa shape index (κ3) is 2.17. The zero-order valence-corrected chi connectivity index (χ0v) is 12.2. The van der Waals surface area contributed by atoms with Crippen molar-refractivity contribution in [1.82, 2.24) is 9.97 Å². The first-order chi connectivity index (χ1) is 10.8. The van der Waals surface area contributed by atoms with E-state index in [4.69, 9.17) is 4.42 Å². The molecule has 2 heterocycles. The van der Waals surface area contributed by atoms with Gasteiger partial charge in [0.15, 0.2) is 5.58 Å². The molecule has 0 N–H and O–H groups in total. The Balaban J connectivity index is 1.92. The number of aryl methyl sites for hydroxylation is 1. The largest absolute Gasteiger partial charge is 0.436 e. The number of pyridine rings is 1. The van der Waals surface area contributed by atoms with Crippen molar-refractivity contribution in [3.63, 3.8) is 0 Å². The molecule has 0 amide bonds. The van der Waals surface area contributed by atoms with Crippen LogP contribution in [0.3, 0.4) is 0 Å². The Kier molecular flexibility index (Phi) is 2.97. The van der Waals surface area contributed by atoms with Gasteiger partial charge in [-0.15, -0.1) is 0 Å². The Hall–Kier alpha value is -2.94. The highest BCUT2D eigenvalue weighted by atomic mass is 16.3. The minimum Gasteiger partial charge on any atom is -0.436 e. The summed E-state index contributed by atoms with van der Waals surface area (Å²) in [7, 11) is 0. The molecule has 106 valence electrons. The molecule has 3 heteroatoms. The minimum atomic E-state index is 0.627. The molecular weight excluding hydrogens is 272 g/mol. The van der Waals surface area contributed by atoms with Gasteiger partial charge in [0.05, 0.1) is 0 Å². The van der Waals surface area contributed by atoms with E-state index in [9.17, 15) is 0 Å². The summed E-state index contributed by atoms with van der Waals surface area (Å²) < 4.78 is 5.93. The third-order valence-corrected chi connectivity index (χ3v) is 3.68. The summed E-state index contributed by atoms with van der Waals surface area (Å²) in [6.07, 6.45) is 3.62. The van der Waals surface area contributed by atoms with E-state index in [0.717, 1.165) is 27.8 Å². The van der Waals surface area contributed by atoms with Crippen molar-refractivity contribution in [2.45, 2.75) is 6.92 Å². The maximum atomic E-state index is 5.93. The molecule has 0 aliphatic heterocycles. The molecule has 0 saturated heterocycles. The molecule has 0 aliphatic carbocycles. The summed E-state index contributed by atoms with van der Waals surface area (Å²) in [5, 5.41) is 0. The van der Waals surface area contributed by atoms with Crippen LogP contribution in [0.15, 0.2) is 71.4 Å². The van der Waals surface area contributed by atoms with Crippen molar-refractivity contribution in [2.75, 3.05) is 0 Å². The predicted octanol–water partition coefficient (Wildman–Crippen LogP) is 4.87. The van der Waals surface area contributed by atoms with E-state index in [2.05, 4.69) is 29.0 Å². The maximum absolute atomic E-state index is 5.93. The van der Waals surface area contributed by atoms with Gasteiger partial charge < -0.3 is 4.42 Å². The topological polar surface area (TPSA) is 38.9 Å². The molecule has 0 spiro atoms. The second kappa shape index (κ2) is 5.11. The van der Waals surface area contributed by atoms with E-state index < -0.39 is 0 Å². The summed E-state index contributed by atoms with van der Waals surface area (Å²) >= 11 is 0. The van der Waals surface area contributed by atoms with Crippen molar-refractivity contribution in [3.05, 3.63) is 72.6 Å². The van der Waals surface area contributed by atoms with Gasteiger partial charge in [0.2, 0.25) is 5.89 Å². The average Bonchev–Trinajstić information content (AvgIpc) is 2.98. The second-order valence-electron chi connectivity index (χ2n) is 5.28. The Morgan fingerprint density at radius 3 is 2.64 bits per heavy atom. The monoisotopic (exact) mass is 286 g/mol. The quantitative estimate of drug-likeness (QED) is 0.528. The summed E-state index contributed by atoms with van der Waals surface area (Å²) in [6.45, 7) is 2.05. The van der Waals surface area contributed by atoms with Crippen LogP contribution in [0.5, 0.6) is 0 Å². The van der Waals surface area contributed by atoms with Crippen LogP contribution in [0.2, 0.25) is 0 Å². The number of benzene rings is 2. The standard InChI is InChI=1S/C19H14N2O/c1-13-7-8-18-17(11-13)21-19(22-18)15-9-10-20-12-16(15)14-5-3-2-4-6-14/h2-12H,1H3. The Morgan fingerprint density at radius 1 is 0.909 bits per heavy atom. The lowest BCUT2D eigenvalue weighted by atomic mass is 10.0. The van der Waals surface area contributed by atoms with Gasteiger partial charge in [-0.25, -0.2) is 4.98 Å². The lowest BCUT2D eigenvalue weighted by Crippen LogP contribution is -1.86. The van der Waals surface area contributed by atoms with Crippen LogP contribution in [0.1, 0.15) is 5.56 Å². The average molecular weight is 286 g/mol. The zero-order valence-electron chi connectivity index (χ0n) is 12.2. The lowest BCUT2D eigenvalue weighted by Gasteiger charge is -2.05. The summed E-state index contributed by atoms with van der Waals surface area (Å²) in [6, 6.07) is 18.1. The summed E-state index contributed by atoms with van der Waals surface area (Å²) in [5.41, 5.74) is 5.93. The van der Waals surface area contributed by atoms with Crippen LogP contribution in [0.4, 0.5) is 0 Å². The van der Waals surface area contributed by atoms with Crippen LogP contribution >= 0.6 is 0 Å².